The molecule has 1 N–H and O–H groups in total. The van der Waals surface area contributed by atoms with Gasteiger partial charge in [0, 0.05) is 37.1 Å². The van der Waals surface area contributed by atoms with E-state index in [2.05, 4.69) is 36.9 Å². The summed E-state index contributed by atoms with van der Waals surface area (Å²) in [5, 5.41) is 10.4. The lowest BCUT2D eigenvalue weighted by Gasteiger charge is -2.37. The minimum atomic E-state index is -0.221. The number of hydrogen-bond donors (Lipinski definition) is 1. The van der Waals surface area contributed by atoms with Gasteiger partial charge in [-0.25, -0.2) is 0 Å². The van der Waals surface area contributed by atoms with Gasteiger partial charge in [-0.05, 0) is 45.2 Å². The number of aliphatic hydroxyl groups excluding tert-OH is 1. The molecule has 4 heteroatoms. The highest BCUT2D eigenvalue weighted by molar-refractivity contribution is 5.45. The van der Waals surface area contributed by atoms with E-state index in [0.29, 0.717) is 19.3 Å². The lowest BCUT2D eigenvalue weighted by Crippen LogP contribution is -2.45. The van der Waals surface area contributed by atoms with Crippen molar-refractivity contribution in [3.63, 3.8) is 0 Å². The van der Waals surface area contributed by atoms with E-state index in [0.717, 1.165) is 38.1 Å². The molecule has 0 radical (unpaired) electrons. The number of nitrogens with zero attached hydrogens (tertiary/aromatic N) is 1. The molecule has 1 aromatic rings. The van der Waals surface area contributed by atoms with Crippen LogP contribution in [0.15, 0.2) is 18.2 Å². The van der Waals surface area contributed by atoms with E-state index in [1.807, 2.05) is 0 Å². The quantitative estimate of drug-likeness (QED) is 0.925. The van der Waals surface area contributed by atoms with Crippen LogP contribution in [0.5, 0.6) is 5.75 Å². The average molecular weight is 331 g/mol. The Morgan fingerprint density at radius 2 is 2.17 bits per heavy atom. The Kier molecular flexibility index (Phi) is 4.31. The maximum absolute atomic E-state index is 10.4. The molecule has 4 nitrogen and oxygen atoms in total. The summed E-state index contributed by atoms with van der Waals surface area (Å²) < 4.78 is 11.9. The van der Waals surface area contributed by atoms with E-state index in [1.165, 1.54) is 17.5 Å². The van der Waals surface area contributed by atoms with Crippen LogP contribution in [0, 0.1) is 5.92 Å². The van der Waals surface area contributed by atoms with Gasteiger partial charge in [0.2, 0.25) is 0 Å². The first kappa shape index (κ1) is 16.4. The van der Waals surface area contributed by atoms with E-state index < -0.39 is 0 Å². The Labute approximate surface area is 144 Å². The number of rotatable bonds is 3. The zero-order chi connectivity index (χ0) is 16.7. The second-order valence-electron chi connectivity index (χ2n) is 8.22. The van der Waals surface area contributed by atoms with Gasteiger partial charge in [-0.15, -0.1) is 0 Å². The van der Waals surface area contributed by atoms with Gasteiger partial charge in [0.05, 0.1) is 12.7 Å². The Balaban J connectivity index is 1.52. The summed E-state index contributed by atoms with van der Waals surface area (Å²) in [6.45, 7) is 7.71. The molecule has 0 spiro atoms. The third kappa shape index (κ3) is 3.07. The van der Waals surface area contributed by atoms with Crippen molar-refractivity contribution >= 4 is 0 Å². The molecule has 1 aromatic carbocycles. The van der Waals surface area contributed by atoms with Crippen LogP contribution >= 0.6 is 0 Å². The Hall–Kier alpha value is -1.10. The Morgan fingerprint density at radius 1 is 1.29 bits per heavy atom. The number of fused-ring (bicyclic) bond motifs is 1. The monoisotopic (exact) mass is 331 g/mol. The Bertz CT molecular complexity index is 601. The summed E-state index contributed by atoms with van der Waals surface area (Å²) in [4.78, 5) is 2.53. The molecule has 3 atom stereocenters. The highest BCUT2D eigenvalue weighted by Gasteiger charge is 2.38. The summed E-state index contributed by atoms with van der Waals surface area (Å²) in [5.41, 5.74) is 2.52. The fraction of sp³-hybridized carbons (Fsp3) is 0.700. The molecule has 3 aliphatic heterocycles. The van der Waals surface area contributed by atoms with E-state index >= 15 is 0 Å². The molecule has 2 fully saturated rings. The molecule has 3 heterocycles. The molecule has 2 saturated heterocycles. The first-order valence-electron chi connectivity index (χ1n) is 9.33. The zero-order valence-corrected chi connectivity index (χ0v) is 14.8. The summed E-state index contributed by atoms with van der Waals surface area (Å²) in [5.74, 6) is 1.34. The van der Waals surface area contributed by atoms with Gasteiger partial charge in [-0.3, -0.25) is 4.90 Å². The largest absolute Gasteiger partial charge is 0.487 e. The molecule has 3 aliphatic rings. The van der Waals surface area contributed by atoms with Crippen LogP contribution in [0.25, 0.3) is 0 Å². The van der Waals surface area contributed by atoms with Crippen LogP contribution in [-0.2, 0) is 17.7 Å². The fourth-order valence-corrected chi connectivity index (χ4v) is 4.67. The van der Waals surface area contributed by atoms with Crippen LogP contribution in [0.2, 0.25) is 0 Å². The van der Waals surface area contributed by atoms with Crippen LogP contribution < -0.4 is 4.74 Å². The molecule has 3 unspecified atom stereocenters. The lowest BCUT2D eigenvalue weighted by atomic mass is 9.89. The normalized spacial score (nSPS) is 32.5. The highest BCUT2D eigenvalue weighted by Crippen LogP contribution is 2.39. The maximum Gasteiger partial charge on any atom is 0.127 e. The number of para-hydroxylation sites is 1. The van der Waals surface area contributed by atoms with Gasteiger partial charge in [0.15, 0.2) is 0 Å². The van der Waals surface area contributed by atoms with Crippen LogP contribution in [-0.4, -0.2) is 47.5 Å². The number of ether oxygens (including phenoxy) is 2. The minimum Gasteiger partial charge on any atom is -0.487 e. The molecule has 0 bridgehead atoms. The number of hydrogen-bond acceptors (Lipinski definition) is 4. The smallest absolute Gasteiger partial charge is 0.127 e. The van der Waals surface area contributed by atoms with Gasteiger partial charge in [-0.2, -0.15) is 0 Å². The first-order chi connectivity index (χ1) is 11.5. The molecule has 132 valence electrons. The molecule has 0 aliphatic carbocycles. The zero-order valence-electron chi connectivity index (χ0n) is 14.8. The van der Waals surface area contributed by atoms with E-state index in [4.69, 9.17) is 9.47 Å². The van der Waals surface area contributed by atoms with Crippen LogP contribution in [0.1, 0.15) is 44.2 Å². The van der Waals surface area contributed by atoms with Gasteiger partial charge >= 0.3 is 0 Å². The SMILES string of the molecule is CC1(C)Cc2cccc(CN3CCCC3C3COCCC3O)c2O1. The van der Waals surface area contributed by atoms with Crippen molar-refractivity contribution in [1.29, 1.82) is 0 Å². The highest BCUT2D eigenvalue weighted by atomic mass is 16.5. The average Bonchev–Trinajstić information content (AvgIpc) is 3.11. The molecule has 0 aromatic heterocycles. The fourth-order valence-electron chi connectivity index (χ4n) is 4.67. The lowest BCUT2D eigenvalue weighted by molar-refractivity contribution is -0.0636. The third-order valence-electron chi connectivity index (χ3n) is 5.82. The summed E-state index contributed by atoms with van der Waals surface area (Å²) in [6, 6.07) is 6.96. The van der Waals surface area contributed by atoms with Gasteiger partial charge in [-0.1, -0.05) is 18.2 Å². The third-order valence-corrected chi connectivity index (χ3v) is 5.82. The van der Waals surface area contributed by atoms with Crippen molar-refractivity contribution < 1.29 is 14.6 Å². The molecule has 0 saturated carbocycles. The topological polar surface area (TPSA) is 41.9 Å². The number of likely N-dealkylation sites (tertiary alicyclic amines) is 1. The van der Waals surface area contributed by atoms with Crippen molar-refractivity contribution in [2.24, 2.45) is 5.92 Å². The van der Waals surface area contributed by atoms with Gasteiger partial charge < -0.3 is 14.6 Å². The first-order valence-corrected chi connectivity index (χ1v) is 9.33. The van der Waals surface area contributed by atoms with Crippen LogP contribution in [0.3, 0.4) is 0 Å². The molecular weight excluding hydrogens is 302 g/mol. The van der Waals surface area contributed by atoms with E-state index in [1.54, 1.807) is 0 Å². The summed E-state index contributed by atoms with van der Waals surface area (Å²) in [7, 11) is 0. The van der Waals surface area contributed by atoms with Gasteiger partial charge in [0.1, 0.15) is 11.4 Å². The van der Waals surface area contributed by atoms with E-state index in [9.17, 15) is 5.11 Å². The number of aliphatic hydroxyl groups is 1. The van der Waals surface area contributed by atoms with Crippen molar-refractivity contribution in [1.82, 2.24) is 4.90 Å². The van der Waals surface area contributed by atoms with Crippen LogP contribution in [0.4, 0.5) is 0 Å². The van der Waals surface area contributed by atoms with E-state index in [-0.39, 0.29) is 17.6 Å². The molecular formula is C20H29NO3. The minimum absolute atomic E-state index is 0.101. The van der Waals surface area contributed by atoms with Gasteiger partial charge in [0.25, 0.3) is 0 Å². The molecule has 24 heavy (non-hydrogen) atoms. The Morgan fingerprint density at radius 3 is 3.00 bits per heavy atom. The standard InChI is InChI=1S/C20H29NO3/c1-20(2)11-14-5-3-6-15(19(14)24-20)12-21-9-4-7-17(21)16-13-23-10-8-18(16)22/h3,5-6,16-18,22H,4,7-13H2,1-2H3. The summed E-state index contributed by atoms with van der Waals surface area (Å²) >= 11 is 0. The van der Waals surface area contributed by atoms with Crippen molar-refractivity contribution in [3.8, 4) is 5.75 Å². The second kappa shape index (κ2) is 6.32. The second-order valence-corrected chi connectivity index (χ2v) is 8.22. The summed E-state index contributed by atoms with van der Waals surface area (Å²) in [6.07, 6.45) is 3.89. The predicted molar refractivity (Wildman–Crippen MR) is 93.2 cm³/mol. The molecule has 0 amide bonds. The predicted octanol–water partition coefficient (Wildman–Crippen LogP) is 2.76. The maximum atomic E-state index is 10.4. The molecule has 4 rings (SSSR count). The van der Waals surface area contributed by atoms with Crippen molar-refractivity contribution in [2.75, 3.05) is 19.8 Å². The van der Waals surface area contributed by atoms with Crippen molar-refractivity contribution in [3.05, 3.63) is 29.3 Å². The van der Waals surface area contributed by atoms with Crippen molar-refractivity contribution in [2.45, 2.75) is 63.8 Å². The number of benzene rings is 1.